The van der Waals surface area contributed by atoms with E-state index in [4.69, 9.17) is 5.11 Å². The Morgan fingerprint density at radius 3 is 2.80 bits per heavy atom. The summed E-state index contributed by atoms with van der Waals surface area (Å²) in [5.74, 6) is -0.817. The summed E-state index contributed by atoms with van der Waals surface area (Å²) in [6.07, 6.45) is 5.05. The average Bonchev–Trinajstić information content (AvgIpc) is 2.55. The third-order valence-electron chi connectivity index (χ3n) is 4.61. The quantitative estimate of drug-likeness (QED) is 0.749. The lowest BCUT2D eigenvalue weighted by atomic mass is 9.85. The number of nitrogens with zero attached hydrogens (tertiary/aromatic N) is 2. The number of hydrogen-bond donors (Lipinski definition) is 3. The first kappa shape index (κ1) is 17.2. The molecular weight excluding hydrogens is 320 g/mol. The van der Waals surface area contributed by atoms with E-state index in [1.165, 1.54) is 0 Å². The number of amides is 2. The molecule has 0 radical (unpaired) electrons. The Kier molecular flexibility index (Phi) is 5.14. The van der Waals surface area contributed by atoms with E-state index in [0.717, 1.165) is 29.3 Å². The SMILES string of the molecule is CCN(CC(=O)O)C1CC(NC(=O)Nc2ccc3cnccc3c2)C1. The minimum absolute atomic E-state index is 0.0476. The lowest BCUT2D eigenvalue weighted by Crippen LogP contribution is -2.55. The summed E-state index contributed by atoms with van der Waals surface area (Å²) in [6, 6.07) is 7.64. The van der Waals surface area contributed by atoms with Crippen LogP contribution in [-0.2, 0) is 4.79 Å². The van der Waals surface area contributed by atoms with Gasteiger partial charge in [-0.2, -0.15) is 0 Å². The van der Waals surface area contributed by atoms with E-state index in [2.05, 4.69) is 15.6 Å². The van der Waals surface area contributed by atoms with Crippen molar-refractivity contribution in [1.29, 1.82) is 0 Å². The zero-order valence-electron chi connectivity index (χ0n) is 14.1. The van der Waals surface area contributed by atoms with Crippen LogP contribution in [0.1, 0.15) is 19.8 Å². The molecule has 1 saturated carbocycles. The van der Waals surface area contributed by atoms with E-state index in [0.29, 0.717) is 6.54 Å². The summed E-state index contributed by atoms with van der Waals surface area (Å²) in [5.41, 5.74) is 0.730. The topological polar surface area (TPSA) is 94.6 Å². The number of carbonyl (C=O) groups is 2. The van der Waals surface area contributed by atoms with Crippen molar-refractivity contribution in [2.24, 2.45) is 0 Å². The second kappa shape index (κ2) is 7.48. The van der Waals surface area contributed by atoms with Crippen LogP contribution in [0.5, 0.6) is 0 Å². The lowest BCUT2D eigenvalue weighted by Gasteiger charge is -2.42. The van der Waals surface area contributed by atoms with Gasteiger partial charge in [-0.05, 0) is 43.0 Å². The van der Waals surface area contributed by atoms with Crippen LogP contribution in [0.25, 0.3) is 10.8 Å². The van der Waals surface area contributed by atoms with Gasteiger partial charge in [-0.3, -0.25) is 14.7 Å². The van der Waals surface area contributed by atoms with Gasteiger partial charge in [0.05, 0.1) is 6.54 Å². The van der Waals surface area contributed by atoms with Crippen molar-refractivity contribution >= 4 is 28.5 Å². The standard InChI is InChI=1S/C18H22N4O3/c1-2-22(11-17(23)24)16-8-15(9-16)21-18(25)20-14-4-3-13-10-19-6-5-12(13)7-14/h3-7,10,15-16H,2,8-9,11H2,1H3,(H,23,24)(H2,20,21,25). The Bertz CT molecular complexity index is 774. The normalized spacial score (nSPS) is 19.4. The summed E-state index contributed by atoms with van der Waals surface area (Å²) in [5, 5.41) is 16.7. The minimum Gasteiger partial charge on any atom is -0.480 e. The van der Waals surface area contributed by atoms with Crippen molar-refractivity contribution < 1.29 is 14.7 Å². The van der Waals surface area contributed by atoms with Crippen LogP contribution in [0.4, 0.5) is 10.5 Å². The molecule has 1 aliphatic carbocycles. The average molecular weight is 342 g/mol. The van der Waals surface area contributed by atoms with Crippen LogP contribution in [0.3, 0.4) is 0 Å². The molecule has 0 aliphatic heterocycles. The Balaban J connectivity index is 1.49. The molecule has 0 saturated heterocycles. The summed E-state index contributed by atoms with van der Waals surface area (Å²) >= 11 is 0. The first-order valence-electron chi connectivity index (χ1n) is 8.42. The molecule has 132 valence electrons. The molecule has 1 fully saturated rings. The first-order valence-corrected chi connectivity index (χ1v) is 8.42. The predicted molar refractivity (Wildman–Crippen MR) is 95.6 cm³/mol. The molecule has 0 atom stereocenters. The van der Waals surface area contributed by atoms with Crippen LogP contribution < -0.4 is 10.6 Å². The van der Waals surface area contributed by atoms with Gasteiger partial charge in [0, 0.05) is 35.6 Å². The molecule has 0 unspecified atom stereocenters. The number of hydrogen-bond acceptors (Lipinski definition) is 4. The summed E-state index contributed by atoms with van der Waals surface area (Å²) in [6.45, 7) is 2.69. The lowest BCUT2D eigenvalue weighted by molar-refractivity contribution is -0.139. The van der Waals surface area contributed by atoms with Gasteiger partial charge in [0.25, 0.3) is 0 Å². The van der Waals surface area contributed by atoms with E-state index < -0.39 is 5.97 Å². The van der Waals surface area contributed by atoms with Crippen LogP contribution in [0.15, 0.2) is 36.7 Å². The number of anilines is 1. The van der Waals surface area contributed by atoms with Gasteiger partial charge < -0.3 is 15.7 Å². The number of carboxylic acids is 1. The summed E-state index contributed by atoms with van der Waals surface area (Å²) in [4.78, 5) is 29.0. The number of likely N-dealkylation sites (N-methyl/N-ethyl adjacent to an activating group) is 1. The highest BCUT2D eigenvalue weighted by Crippen LogP contribution is 2.25. The molecule has 3 rings (SSSR count). The smallest absolute Gasteiger partial charge is 0.319 e. The monoisotopic (exact) mass is 342 g/mol. The van der Waals surface area contributed by atoms with Gasteiger partial charge in [-0.1, -0.05) is 13.0 Å². The van der Waals surface area contributed by atoms with Gasteiger partial charge in [-0.15, -0.1) is 0 Å². The number of nitrogens with one attached hydrogen (secondary N) is 2. The van der Waals surface area contributed by atoms with Crippen molar-refractivity contribution in [1.82, 2.24) is 15.2 Å². The number of aliphatic carboxylic acids is 1. The number of pyridine rings is 1. The van der Waals surface area contributed by atoms with Gasteiger partial charge in [-0.25, -0.2) is 4.79 Å². The van der Waals surface area contributed by atoms with Crippen molar-refractivity contribution in [2.75, 3.05) is 18.4 Å². The van der Waals surface area contributed by atoms with Gasteiger partial charge in [0.1, 0.15) is 0 Å². The molecule has 0 bridgehead atoms. The zero-order valence-corrected chi connectivity index (χ0v) is 14.1. The predicted octanol–water partition coefficient (Wildman–Crippen LogP) is 2.29. The van der Waals surface area contributed by atoms with Crippen molar-refractivity contribution in [3.8, 4) is 0 Å². The fourth-order valence-corrected chi connectivity index (χ4v) is 3.19. The molecule has 2 aromatic rings. The highest BCUT2D eigenvalue weighted by molar-refractivity contribution is 5.93. The molecule has 1 aliphatic rings. The second-order valence-corrected chi connectivity index (χ2v) is 6.32. The maximum absolute atomic E-state index is 12.1. The van der Waals surface area contributed by atoms with E-state index in [1.54, 1.807) is 12.4 Å². The maximum atomic E-state index is 12.1. The molecule has 1 aromatic heterocycles. The Morgan fingerprint density at radius 1 is 1.28 bits per heavy atom. The molecule has 7 heteroatoms. The van der Waals surface area contributed by atoms with E-state index in [-0.39, 0.29) is 24.7 Å². The van der Waals surface area contributed by atoms with E-state index in [1.807, 2.05) is 36.1 Å². The Morgan fingerprint density at radius 2 is 2.08 bits per heavy atom. The minimum atomic E-state index is -0.817. The number of carbonyl (C=O) groups excluding carboxylic acids is 1. The zero-order chi connectivity index (χ0) is 17.8. The number of rotatable bonds is 6. The van der Waals surface area contributed by atoms with Gasteiger partial charge in [0.15, 0.2) is 0 Å². The molecular formula is C18H22N4O3. The summed E-state index contributed by atoms with van der Waals surface area (Å²) in [7, 11) is 0. The molecule has 2 amide bonds. The third kappa shape index (κ3) is 4.24. The van der Waals surface area contributed by atoms with Crippen LogP contribution in [-0.4, -0.2) is 52.2 Å². The first-order chi connectivity index (χ1) is 12.0. The van der Waals surface area contributed by atoms with Gasteiger partial charge >= 0.3 is 12.0 Å². The molecule has 0 spiro atoms. The highest BCUT2D eigenvalue weighted by Gasteiger charge is 2.34. The van der Waals surface area contributed by atoms with E-state index >= 15 is 0 Å². The highest BCUT2D eigenvalue weighted by atomic mass is 16.4. The Labute approximate surface area is 146 Å². The van der Waals surface area contributed by atoms with Crippen molar-refractivity contribution in [2.45, 2.75) is 31.8 Å². The molecule has 25 heavy (non-hydrogen) atoms. The number of fused-ring (bicyclic) bond motifs is 1. The fraction of sp³-hybridized carbons (Fsp3) is 0.389. The van der Waals surface area contributed by atoms with Crippen LogP contribution in [0.2, 0.25) is 0 Å². The van der Waals surface area contributed by atoms with Crippen LogP contribution >= 0.6 is 0 Å². The number of urea groups is 1. The second-order valence-electron chi connectivity index (χ2n) is 6.32. The number of aromatic nitrogens is 1. The van der Waals surface area contributed by atoms with Crippen molar-refractivity contribution in [3.05, 3.63) is 36.7 Å². The number of carboxylic acid groups (broad SMARTS) is 1. The van der Waals surface area contributed by atoms with Gasteiger partial charge in [0.2, 0.25) is 0 Å². The largest absolute Gasteiger partial charge is 0.480 e. The molecule has 1 heterocycles. The van der Waals surface area contributed by atoms with Crippen LogP contribution in [0, 0.1) is 0 Å². The molecule has 3 N–H and O–H groups in total. The third-order valence-corrected chi connectivity index (χ3v) is 4.61. The van der Waals surface area contributed by atoms with Crippen molar-refractivity contribution in [3.63, 3.8) is 0 Å². The molecule has 1 aromatic carbocycles. The van der Waals surface area contributed by atoms with E-state index in [9.17, 15) is 9.59 Å². The maximum Gasteiger partial charge on any atom is 0.319 e. The number of benzene rings is 1. The Hall–Kier alpha value is -2.67. The fourth-order valence-electron chi connectivity index (χ4n) is 3.19. The molecule has 7 nitrogen and oxygen atoms in total. The summed E-state index contributed by atoms with van der Waals surface area (Å²) < 4.78 is 0.